The Hall–Kier alpha value is -3.87. The standard InChI is InChI=1S/C15H22ClNO2.C14H7ClF3NO5/c1-5-13-8-6-7-11(2)15(13)17(14(18)9-16)12(3)10-19-4;15-10-5-7(14(16,17)18)1-4-12(10)24-8-2-3-11(19(22)23)9(6-8)13(20)21/h6-8,12H,5,9-10H2,1-4H3;1-6H,(H,20,21). The second kappa shape index (κ2) is 15.6. The summed E-state index contributed by atoms with van der Waals surface area (Å²) in [7, 11) is 1.64. The number of halogens is 5. The van der Waals surface area contributed by atoms with Crippen LogP contribution in [0, 0.1) is 17.0 Å². The predicted molar refractivity (Wildman–Crippen MR) is 157 cm³/mol. The fourth-order valence-corrected chi connectivity index (χ4v) is 4.46. The lowest BCUT2D eigenvalue weighted by Gasteiger charge is -2.31. The van der Waals surface area contributed by atoms with Crippen LogP contribution in [0.2, 0.25) is 5.02 Å². The van der Waals surface area contributed by atoms with E-state index in [4.69, 9.17) is 37.8 Å². The molecule has 232 valence electrons. The largest absolute Gasteiger partial charge is 0.477 e. The van der Waals surface area contributed by atoms with Gasteiger partial charge in [-0.05, 0) is 55.7 Å². The van der Waals surface area contributed by atoms with Crippen LogP contribution < -0.4 is 9.64 Å². The quantitative estimate of drug-likeness (QED) is 0.135. The van der Waals surface area contributed by atoms with Gasteiger partial charge in [0.1, 0.15) is 22.9 Å². The average molecular weight is 645 g/mol. The fraction of sp³-hybridized carbons (Fsp3) is 0.310. The monoisotopic (exact) mass is 644 g/mol. The number of carboxylic acids is 1. The van der Waals surface area contributed by atoms with Crippen LogP contribution in [-0.4, -0.2) is 47.5 Å². The van der Waals surface area contributed by atoms with Crippen LogP contribution in [0.15, 0.2) is 54.6 Å². The number of alkyl halides is 4. The Balaban J connectivity index is 0.000000309. The molecule has 0 aliphatic carbocycles. The molecule has 3 aromatic carbocycles. The number of benzene rings is 3. The van der Waals surface area contributed by atoms with Crippen molar-refractivity contribution in [2.45, 2.75) is 39.4 Å². The van der Waals surface area contributed by atoms with Crippen molar-refractivity contribution in [3.8, 4) is 11.5 Å². The van der Waals surface area contributed by atoms with Crippen molar-refractivity contribution in [2.75, 3.05) is 24.5 Å². The molecule has 3 aromatic rings. The van der Waals surface area contributed by atoms with Crippen LogP contribution in [0.3, 0.4) is 0 Å². The number of methoxy groups -OCH3 is 1. The van der Waals surface area contributed by atoms with Crippen LogP contribution in [0.1, 0.15) is 40.9 Å². The van der Waals surface area contributed by atoms with Gasteiger partial charge in [-0.1, -0.05) is 36.7 Å². The molecule has 0 saturated heterocycles. The summed E-state index contributed by atoms with van der Waals surface area (Å²) in [6.07, 6.45) is -3.70. The van der Waals surface area contributed by atoms with Crippen molar-refractivity contribution >= 4 is 46.5 Å². The summed E-state index contributed by atoms with van der Waals surface area (Å²) in [5, 5.41) is 19.4. The Labute approximate surface area is 255 Å². The molecule has 14 heteroatoms. The number of carbonyl (C=O) groups is 2. The van der Waals surface area contributed by atoms with E-state index in [1.54, 1.807) is 12.0 Å². The highest BCUT2D eigenvalue weighted by Crippen LogP contribution is 2.37. The van der Waals surface area contributed by atoms with Gasteiger partial charge in [0.2, 0.25) is 5.91 Å². The fourth-order valence-electron chi connectivity index (χ4n) is 4.12. The van der Waals surface area contributed by atoms with E-state index >= 15 is 0 Å². The second-order valence-corrected chi connectivity index (χ2v) is 9.80. The van der Waals surface area contributed by atoms with Gasteiger partial charge in [-0.25, -0.2) is 4.79 Å². The molecule has 43 heavy (non-hydrogen) atoms. The van der Waals surface area contributed by atoms with Crippen LogP contribution >= 0.6 is 23.2 Å². The van der Waals surface area contributed by atoms with E-state index in [-0.39, 0.29) is 34.4 Å². The lowest BCUT2D eigenvalue weighted by Crippen LogP contribution is -2.43. The van der Waals surface area contributed by atoms with E-state index in [9.17, 15) is 32.9 Å². The zero-order valence-corrected chi connectivity index (χ0v) is 25.1. The molecule has 0 spiro atoms. The number of hydrogen-bond donors (Lipinski definition) is 1. The molecule has 9 nitrogen and oxygen atoms in total. The zero-order valence-electron chi connectivity index (χ0n) is 23.6. The number of aryl methyl sites for hydroxylation is 2. The molecule has 0 heterocycles. The lowest BCUT2D eigenvalue weighted by molar-refractivity contribution is -0.385. The second-order valence-electron chi connectivity index (χ2n) is 9.12. The number of nitrogens with zero attached hydrogens (tertiary/aromatic N) is 2. The van der Waals surface area contributed by atoms with Gasteiger partial charge in [0, 0.05) is 19.2 Å². The minimum Gasteiger partial charge on any atom is -0.477 e. The molecule has 1 amide bonds. The first-order valence-corrected chi connectivity index (χ1v) is 13.6. The minimum absolute atomic E-state index is 0.0223. The van der Waals surface area contributed by atoms with Crippen molar-refractivity contribution in [3.05, 3.63) is 92.0 Å². The number of amides is 1. The van der Waals surface area contributed by atoms with E-state index in [0.29, 0.717) is 12.7 Å². The summed E-state index contributed by atoms with van der Waals surface area (Å²) in [6.45, 7) is 6.56. The third-order valence-corrected chi connectivity index (χ3v) is 6.58. The van der Waals surface area contributed by atoms with E-state index in [1.165, 1.54) is 0 Å². The Kier molecular flexibility index (Phi) is 12.8. The SMILES string of the molecule is CCc1cccc(C)c1N(C(=O)CCl)C(C)COC.O=C(O)c1cc(Oc2ccc(C(F)(F)F)cc2Cl)ccc1[N+](=O)[O-]. The van der Waals surface area contributed by atoms with Gasteiger partial charge >= 0.3 is 12.1 Å². The maximum Gasteiger partial charge on any atom is 0.416 e. The van der Waals surface area contributed by atoms with E-state index in [2.05, 4.69) is 13.0 Å². The van der Waals surface area contributed by atoms with E-state index < -0.39 is 33.9 Å². The molecule has 0 fully saturated rings. The summed E-state index contributed by atoms with van der Waals surface area (Å²) in [6, 6.07) is 11.3. The number of hydrogen-bond acceptors (Lipinski definition) is 6. The normalized spacial score (nSPS) is 11.7. The first-order valence-electron chi connectivity index (χ1n) is 12.7. The summed E-state index contributed by atoms with van der Waals surface area (Å²) >= 11 is 11.5. The summed E-state index contributed by atoms with van der Waals surface area (Å²) in [4.78, 5) is 34.9. The van der Waals surface area contributed by atoms with E-state index in [1.807, 2.05) is 26.0 Å². The van der Waals surface area contributed by atoms with Gasteiger partial charge in [-0.2, -0.15) is 13.2 Å². The third kappa shape index (κ3) is 9.31. The number of para-hydroxylation sites is 1. The highest BCUT2D eigenvalue weighted by molar-refractivity contribution is 6.32. The van der Waals surface area contributed by atoms with Crippen molar-refractivity contribution in [1.29, 1.82) is 0 Å². The molecule has 0 aromatic heterocycles. The van der Waals surface area contributed by atoms with Gasteiger partial charge in [-0.15, -0.1) is 11.6 Å². The van der Waals surface area contributed by atoms with Gasteiger partial charge in [-0.3, -0.25) is 14.9 Å². The number of rotatable bonds is 10. The van der Waals surface area contributed by atoms with Crippen LogP contribution in [0.4, 0.5) is 24.5 Å². The first-order chi connectivity index (χ1) is 20.2. The number of carbonyl (C=O) groups excluding carboxylic acids is 1. The Morgan fingerprint density at radius 3 is 2.33 bits per heavy atom. The molecule has 1 unspecified atom stereocenters. The summed E-state index contributed by atoms with van der Waals surface area (Å²) < 4.78 is 48.1. The molecule has 0 radical (unpaired) electrons. The maximum absolute atomic E-state index is 12.6. The summed E-state index contributed by atoms with van der Waals surface area (Å²) in [5.74, 6) is -1.94. The van der Waals surface area contributed by atoms with Crippen LogP contribution in [0.25, 0.3) is 0 Å². The van der Waals surface area contributed by atoms with Crippen molar-refractivity contribution < 1.29 is 42.3 Å². The number of anilines is 1. The average Bonchev–Trinajstić information content (AvgIpc) is 2.94. The smallest absolute Gasteiger partial charge is 0.416 e. The van der Waals surface area contributed by atoms with Gasteiger partial charge in [0.05, 0.1) is 33.8 Å². The van der Waals surface area contributed by atoms with Crippen molar-refractivity contribution in [2.24, 2.45) is 0 Å². The highest BCUT2D eigenvalue weighted by Gasteiger charge is 2.31. The Morgan fingerprint density at radius 2 is 1.81 bits per heavy atom. The zero-order chi connectivity index (χ0) is 32.5. The molecular formula is C29H29Cl2F3N2O7. The molecular weight excluding hydrogens is 616 g/mol. The number of nitro benzene ring substituents is 1. The molecule has 1 N–H and O–H groups in total. The highest BCUT2D eigenvalue weighted by atomic mass is 35.5. The van der Waals surface area contributed by atoms with Crippen molar-refractivity contribution in [3.63, 3.8) is 0 Å². The van der Waals surface area contributed by atoms with Gasteiger partial charge in [0.15, 0.2) is 0 Å². The first kappa shape index (κ1) is 35.3. The van der Waals surface area contributed by atoms with E-state index in [0.717, 1.165) is 53.6 Å². The number of carboxylic acid groups (broad SMARTS) is 1. The topological polar surface area (TPSA) is 119 Å². The molecule has 1 atom stereocenters. The van der Waals surface area contributed by atoms with Crippen molar-refractivity contribution in [1.82, 2.24) is 0 Å². The number of ether oxygens (including phenoxy) is 2. The maximum atomic E-state index is 12.6. The lowest BCUT2D eigenvalue weighted by atomic mass is 10.0. The molecule has 3 rings (SSSR count). The van der Waals surface area contributed by atoms with Gasteiger partial charge in [0.25, 0.3) is 5.69 Å². The number of nitro groups is 1. The molecule has 0 aliphatic heterocycles. The molecule has 0 bridgehead atoms. The number of aromatic carboxylic acids is 1. The Morgan fingerprint density at radius 1 is 1.14 bits per heavy atom. The molecule has 0 saturated carbocycles. The summed E-state index contributed by atoms with van der Waals surface area (Å²) in [5.41, 5.74) is 0.964. The van der Waals surface area contributed by atoms with Gasteiger partial charge < -0.3 is 19.5 Å². The third-order valence-electron chi connectivity index (χ3n) is 6.06. The van der Waals surface area contributed by atoms with Crippen LogP contribution in [-0.2, 0) is 22.1 Å². The Bertz CT molecular complexity index is 1470. The minimum atomic E-state index is -4.58. The van der Waals surface area contributed by atoms with Crippen LogP contribution in [0.5, 0.6) is 11.5 Å². The molecule has 0 aliphatic rings. The predicted octanol–water partition coefficient (Wildman–Crippen LogP) is 7.92.